The zero-order valence-electron chi connectivity index (χ0n) is 15.4. The molecule has 1 atom stereocenters. The molecule has 3 rings (SSSR count). The summed E-state index contributed by atoms with van der Waals surface area (Å²) in [4.78, 5) is 4.58. The Morgan fingerprint density at radius 1 is 1.20 bits per heavy atom. The Morgan fingerprint density at radius 3 is 2.60 bits per heavy atom. The minimum atomic E-state index is 0.139. The molecular formula is C20H25BN2OS. The maximum absolute atomic E-state index is 5.64. The van der Waals surface area contributed by atoms with Gasteiger partial charge in [0.2, 0.25) is 0 Å². The number of hydrogen-bond acceptors (Lipinski definition) is 4. The van der Waals surface area contributed by atoms with Crippen molar-refractivity contribution in [1.29, 1.82) is 0 Å². The van der Waals surface area contributed by atoms with Crippen LogP contribution in [0.25, 0.3) is 0 Å². The smallest absolute Gasteiger partial charge is 0.157 e. The van der Waals surface area contributed by atoms with E-state index in [9.17, 15) is 0 Å². The van der Waals surface area contributed by atoms with Crippen LogP contribution in [0.3, 0.4) is 0 Å². The predicted octanol–water partition coefficient (Wildman–Crippen LogP) is 2.55. The third kappa shape index (κ3) is 4.60. The van der Waals surface area contributed by atoms with Crippen molar-refractivity contribution in [3.8, 4) is 5.75 Å². The molecule has 5 heteroatoms. The predicted molar refractivity (Wildman–Crippen MR) is 111 cm³/mol. The standard InChI is InChI=1S/C20H25BN2OS/c1-13-8-14(2)10-15(9-13)11-18(23-20-22-6-7-25-20)17-12-16(21)4-5-19(17)24-3/h4-5,8-10,12,18H,6-7,11,21H2,1-3H3,(H,22,23). The van der Waals surface area contributed by atoms with Crippen LogP contribution >= 0.6 is 11.8 Å². The fourth-order valence-electron chi connectivity index (χ4n) is 3.36. The quantitative estimate of drug-likeness (QED) is 0.840. The SMILES string of the molecule is Bc1ccc(OC)c(C(Cc2cc(C)cc(C)c2)NC2=NCCS2)c1. The Hall–Kier alpha value is -1.88. The number of aryl methyl sites for hydroxylation is 2. The molecule has 1 aliphatic heterocycles. The van der Waals surface area contributed by atoms with Crippen molar-refractivity contribution in [3.05, 3.63) is 58.7 Å². The molecule has 1 unspecified atom stereocenters. The molecule has 1 N–H and O–H groups in total. The first kappa shape index (κ1) is 17.9. The number of amidine groups is 1. The summed E-state index contributed by atoms with van der Waals surface area (Å²) in [6.07, 6.45) is 0.905. The summed E-state index contributed by atoms with van der Waals surface area (Å²) in [6.45, 7) is 5.21. The van der Waals surface area contributed by atoms with E-state index in [4.69, 9.17) is 4.74 Å². The lowest BCUT2D eigenvalue weighted by atomic mass is 9.89. The Kier molecular flexibility index (Phi) is 5.74. The number of ether oxygens (including phenoxy) is 1. The van der Waals surface area contributed by atoms with E-state index in [0.717, 1.165) is 29.6 Å². The summed E-state index contributed by atoms with van der Waals surface area (Å²) >= 11 is 1.80. The number of hydrogen-bond donors (Lipinski definition) is 1. The van der Waals surface area contributed by atoms with Gasteiger partial charge in [0.05, 0.1) is 19.7 Å². The van der Waals surface area contributed by atoms with E-state index in [1.54, 1.807) is 18.9 Å². The van der Waals surface area contributed by atoms with Crippen LogP contribution in [-0.2, 0) is 6.42 Å². The molecule has 0 radical (unpaired) electrons. The average Bonchev–Trinajstić information content (AvgIpc) is 3.06. The number of nitrogens with zero attached hydrogens (tertiary/aromatic N) is 1. The maximum atomic E-state index is 5.64. The van der Waals surface area contributed by atoms with Crippen LogP contribution in [0.4, 0.5) is 0 Å². The fraction of sp³-hybridized carbons (Fsp3) is 0.350. The van der Waals surface area contributed by atoms with E-state index >= 15 is 0 Å². The van der Waals surface area contributed by atoms with Gasteiger partial charge in [0.25, 0.3) is 0 Å². The van der Waals surface area contributed by atoms with Crippen LogP contribution in [0.2, 0.25) is 0 Å². The van der Waals surface area contributed by atoms with E-state index in [1.807, 2.05) is 0 Å². The van der Waals surface area contributed by atoms with Gasteiger partial charge in [-0.05, 0) is 31.9 Å². The van der Waals surface area contributed by atoms with Crippen molar-refractivity contribution in [2.24, 2.45) is 4.99 Å². The van der Waals surface area contributed by atoms with E-state index < -0.39 is 0 Å². The first-order valence-electron chi connectivity index (χ1n) is 8.70. The van der Waals surface area contributed by atoms with E-state index in [2.05, 4.69) is 68.4 Å². The fourth-order valence-corrected chi connectivity index (χ4v) is 4.14. The van der Waals surface area contributed by atoms with Gasteiger partial charge in [-0.2, -0.15) is 0 Å². The molecule has 1 heterocycles. The number of nitrogens with one attached hydrogen (secondary N) is 1. The minimum Gasteiger partial charge on any atom is -0.496 e. The highest BCUT2D eigenvalue weighted by Crippen LogP contribution is 2.28. The summed E-state index contributed by atoms with van der Waals surface area (Å²) in [5.41, 5.74) is 6.37. The molecule has 0 bridgehead atoms. The highest BCUT2D eigenvalue weighted by molar-refractivity contribution is 8.14. The largest absolute Gasteiger partial charge is 0.496 e. The lowest BCUT2D eigenvalue weighted by Gasteiger charge is -2.23. The van der Waals surface area contributed by atoms with Crippen LogP contribution in [0.1, 0.15) is 28.3 Å². The molecule has 0 amide bonds. The highest BCUT2D eigenvalue weighted by Gasteiger charge is 2.20. The topological polar surface area (TPSA) is 33.6 Å². The van der Waals surface area contributed by atoms with Gasteiger partial charge in [-0.15, -0.1) is 0 Å². The Morgan fingerprint density at radius 2 is 1.96 bits per heavy atom. The van der Waals surface area contributed by atoms with Crippen molar-refractivity contribution in [3.63, 3.8) is 0 Å². The third-order valence-electron chi connectivity index (χ3n) is 4.37. The van der Waals surface area contributed by atoms with Crippen molar-refractivity contribution < 1.29 is 4.74 Å². The zero-order chi connectivity index (χ0) is 17.8. The van der Waals surface area contributed by atoms with Crippen molar-refractivity contribution in [2.45, 2.75) is 26.3 Å². The van der Waals surface area contributed by atoms with Gasteiger partial charge in [-0.1, -0.05) is 58.7 Å². The van der Waals surface area contributed by atoms with Crippen molar-refractivity contribution in [2.75, 3.05) is 19.4 Å². The van der Waals surface area contributed by atoms with Gasteiger partial charge < -0.3 is 10.1 Å². The molecule has 0 fully saturated rings. The average molecular weight is 352 g/mol. The first-order chi connectivity index (χ1) is 12.0. The van der Waals surface area contributed by atoms with Gasteiger partial charge in [-0.3, -0.25) is 4.99 Å². The van der Waals surface area contributed by atoms with Crippen LogP contribution in [0.15, 0.2) is 41.4 Å². The lowest BCUT2D eigenvalue weighted by molar-refractivity contribution is 0.403. The zero-order valence-corrected chi connectivity index (χ0v) is 16.2. The monoisotopic (exact) mass is 352 g/mol. The van der Waals surface area contributed by atoms with E-state index in [1.165, 1.54) is 27.7 Å². The summed E-state index contributed by atoms with van der Waals surface area (Å²) in [5, 5.41) is 4.69. The van der Waals surface area contributed by atoms with Crippen molar-refractivity contribution in [1.82, 2.24) is 5.32 Å². The van der Waals surface area contributed by atoms with Gasteiger partial charge in [-0.25, -0.2) is 0 Å². The van der Waals surface area contributed by atoms with Crippen LogP contribution < -0.4 is 15.5 Å². The van der Waals surface area contributed by atoms with E-state index in [0.29, 0.717) is 0 Å². The Balaban J connectivity index is 1.95. The minimum absolute atomic E-state index is 0.139. The molecule has 0 spiro atoms. The van der Waals surface area contributed by atoms with E-state index in [-0.39, 0.29) is 6.04 Å². The number of benzene rings is 2. The molecule has 0 saturated carbocycles. The second kappa shape index (κ2) is 8.00. The summed E-state index contributed by atoms with van der Waals surface area (Å²) < 4.78 is 5.64. The molecule has 130 valence electrons. The second-order valence-electron chi connectivity index (χ2n) is 6.68. The Labute approximate surface area is 155 Å². The molecule has 1 aliphatic rings. The summed E-state index contributed by atoms with van der Waals surface area (Å²) in [6, 6.07) is 13.3. The molecule has 0 aliphatic carbocycles. The molecule has 3 nitrogen and oxygen atoms in total. The maximum Gasteiger partial charge on any atom is 0.157 e. The molecule has 2 aromatic rings. The first-order valence-corrected chi connectivity index (χ1v) is 9.69. The molecule has 0 saturated heterocycles. The third-order valence-corrected chi connectivity index (χ3v) is 5.27. The van der Waals surface area contributed by atoms with Crippen LogP contribution in [0.5, 0.6) is 5.75 Å². The Bertz CT molecular complexity index is 771. The van der Waals surface area contributed by atoms with Crippen LogP contribution in [0, 0.1) is 13.8 Å². The number of aliphatic imine (C=N–C) groups is 1. The van der Waals surface area contributed by atoms with Gasteiger partial charge >= 0.3 is 0 Å². The normalized spacial score (nSPS) is 14.9. The van der Waals surface area contributed by atoms with Gasteiger partial charge in [0.1, 0.15) is 13.6 Å². The highest BCUT2D eigenvalue weighted by atomic mass is 32.2. The van der Waals surface area contributed by atoms with Crippen LogP contribution in [-0.4, -0.2) is 32.4 Å². The number of methoxy groups -OCH3 is 1. The van der Waals surface area contributed by atoms with Gasteiger partial charge in [0.15, 0.2) is 5.17 Å². The molecular weight excluding hydrogens is 327 g/mol. The summed E-state index contributed by atoms with van der Waals surface area (Å²) in [7, 11) is 3.86. The summed E-state index contributed by atoms with van der Waals surface area (Å²) in [5.74, 6) is 1.99. The molecule has 2 aromatic carbocycles. The number of thioether (sulfide) groups is 1. The van der Waals surface area contributed by atoms with Gasteiger partial charge in [0, 0.05) is 11.3 Å². The lowest BCUT2D eigenvalue weighted by Crippen LogP contribution is -2.28. The number of rotatable bonds is 5. The second-order valence-corrected chi connectivity index (χ2v) is 7.76. The molecule has 0 aromatic heterocycles. The van der Waals surface area contributed by atoms with Crippen molar-refractivity contribution >= 4 is 30.2 Å². The molecule has 25 heavy (non-hydrogen) atoms.